The molecule has 0 bridgehead atoms. The number of fused-ring (bicyclic) bond motifs is 2. The first-order valence-corrected chi connectivity index (χ1v) is 12.3. The summed E-state index contributed by atoms with van der Waals surface area (Å²) in [4.78, 5) is 17.5. The highest BCUT2D eigenvalue weighted by Crippen LogP contribution is 2.41. The molecule has 0 aliphatic rings. The van der Waals surface area contributed by atoms with Crippen LogP contribution in [0.2, 0.25) is 0 Å². The third-order valence-corrected chi connectivity index (χ3v) is 7.19. The number of nitrogens with one attached hydrogen (secondary N) is 1. The first kappa shape index (κ1) is 23.6. The van der Waals surface area contributed by atoms with Gasteiger partial charge in [0.15, 0.2) is 5.13 Å². The monoisotopic (exact) mass is 498 g/mol. The second-order valence-corrected chi connectivity index (χ2v) is 9.63. The van der Waals surface area contributed by atoms with E-state index in [0.29, 0.717) is 10.9 Å². The lowest BCUT2D eigenvalue weighted by atomic mass is 9.96. The number of amides is 1. The number of allylic oxidation sites excluding steroid dienone is 1. The van der Waals surface area contributed by atoms with Gasteiger partial charge in [0.05, 0.1) is 30.7 Å². The molecular weight excluding hydrogens is 472 g/mol. The summed E-state index contributed by atoms with van der Waals surface area (Å²) in [6, 6.07) is 15.9. The molecule has 0 aliphatic carbocycles. The summed E-state index contributed by atoms with van der Waals surface area (Å²) in [7, 11) is 3.27. The number of rotatable bonds is 6. The van der Waals surface area contributed by atoms with E-state index in [9.17, 15) is 4.79 Å². The van der Waals surface area contributed by atoms with Gasteiger partial charge in [0.25, 0.3) is 0 Å². The molecule has 0 saturated carbocycles. The maximum absolute atomic E-state index is 12.9. The Kier molecular flexibility index (Phi) is 6.24. The number of furan rings is 1. The molecule has 1 N–H and O–H groups in total. The minimum absolute atomic E-state index is 0.246. The highest BCUT2D eigenvalue weighted by atomic mass is 32.1. The number of para-hydroxylation sites is 1. The first-order valence-electron chi connectivity index (χ1n) is 11.5. The molecule has 5 aromatic rings. The van der Waals surface area contributed by atoms with Crippen LogP contribution in [0.3, 0.4) is 0 Å². The lowest BCUT2D eigenvalue weighted by molar-refractivity contribution is -0.111. The molecule has 182 valence electrons. The van der Waals surface area contributed by atoms with Crippen molar-refractivity contribution >= 4 is 49.1 Å². The molecular formula is C29H26N2O4S. The SMILES string of the molecule is COc1cccc(-c2coc3c(C)c(OC)c(/C(C)=C/C(=O)Nc4nc5c(C)cccc5s4)cc23)c1. The topological polar surface area (TPSA) is 73.6 Å². The number of carbonyl (C=O) groups excluding carboxylic acids is 1. The molecule has 0 aliphatic heterocycles. The predicted octanol–water partition coefficient (Wildman–Crippen LogP) is 7.39. The van der Waals surface area contributed by atoms with Crippen molar-refractivity contribution in [2.45, 2.75) is 20.8 Å². The number of aromatic nitrogens is 1. The number of hydrogen-bond donors (Lipinski definition) is 1. The molecule has 6 nitrogen and oxygen atoms in total. The summed E-state index contributed by atoms with van der Waals surface area (Å²) in [5.74, 6) is 1.19. The van der Waals surface area contributed by atoms with Crippen molar-refractivity contribution in [3.05, 3.63) is 77.6 Å². The summed E-state index contributed by atoms with van der Waals surface area (Å²) in [5, 5.41) is 4.42. The van der Waals surface area contributed by atoms with Crippen molar-refractivity contribution in [1.82, 2.24) is 4.98 Å². The van der Waals surface area contributed by atoms with Crippen molar-refractivity contribution < 1.29 is 18.7 Å². The maximum atomic E-state index is 12.9. The molecule has 0 radical (unpaired) electrons. The van der Waals surface area contributed by atoms with Gasteiger partial charge < -0.3 is 13.9 Å². The summed E-state index contributed by atoms with van der Waals surface area (Å²) in [5.41, 5.74) is 7.12. The van der Waals surface area contributed by atoms with Crippen LogP contribution in [-0.2, 0) is 4.79 Å². The fraction of sp³-hybridized carbons (Fsp3) is 0.172. The minimum atomic E-state index is -0.246. The molecule has 1 amide bonds. The second-order valence-electron chi connectivity index (χ2n) is 8.60. The van der Waals surface area contributed by atoms with E-state index in [2.05, 4.69) is 10.3 Å². The fourth-order valence-electron chi connectivity index (χ4n) is 4.44. The molecule has 7 heteroatoms. The molecule has 2 aromatic heterocycles. The molecule has 36 heavy (non-hydrogen) atoms. The van der Waals surface area contributed by atoms with Crippen molar-refractivity contribution in [3.8, 4) is 22.6 Å². The van der Waals surface area contributed by atoms with E-state index >= 15 is 0 Å². The molecule has 0 unspecified atom stereocenters. The van der Waals surface area contributed by atoms with Gasteiger partial charge >= 0.3 is 0 Å². The Balaban J connectivity index is 1.53. The average molecular weight is 499 g/mol. The van der Waals surface area contributed by atoms with Crippen molar-refractivity contribution in [2.24, 2.45) is 0 Å². The number of methoxy groups -OCH3 is 2. The van der Waals surface area contributed by atoms with Crippen LogP contribution in [0.1, 0.15) is 23.6 Å². The van der Waals surface area contributed by atoms with Gasteiger partial charge in [-0.15, -0.1) is 0 Å². The number of ether oxygens (including phenoxy) is 2. The van der Waals surface area contributed by atoms with Crippen LogP contribution in [0.4, 0.5) is 5.13 Å². The van der Waals surface area contributed by atoms with Crippen LogP contribution in [0.25, 0.3) is 37.9 Å². The highest BCUT2D eigenvalue weighted by molar-refractivity contribution is 7.22. The zero-order valence-corrected chi connectivity index (χ0v) is 21.6. The summed E-state index contributed by atoms with van der Waals surface area (Å²) < 4.78 is 18.1. The van der Waals surface area contributed by atoms with E-state index in [4.69, 9.17) is 13.9 Å². The van der Waals surface area contributed by atoms with Crippen LogP contribution in [0.15, 0.2) is 65.3 Å². The normalized spacial score (nSPS) is 11.8. The van der Waals surface area contributed by atoms with E-state index in [0.717, 1.165) is 60.3 Å². The Bertz CT molecular complexity index is 1640. The molecule has 0 saturated heterocycles. The summed E-state index contributed by atoms with van der Waals surface area (Å²) in [6.45, 7) is 5.87. The van der Waals surface area contributed by atoms with E-state index in [1.54, 1.807) is 26.6 Å². The third-order valence-electron chi connectivity index (χ3n) is 6.25. The fourth-order valence-corrected chi connectivity index (χ4v) is 5.39. The number of aryl methyl sites for hydroxylation is 2. The molecule has 0 fully saturated rings. The van der Waals surface area contributed by atoms with Crippen LogP contribution in [0.5, 0.6) is 11.5 Å². The van der Waals surface area contributed by atoms with Crippen molar-refractivity contribution in [3.63, 3.8) is 0 Å². The van der Waals surface area contributed by atoms with Gasteiger partial charge in [0, 0.05) is 28.2 Å². The quantitative estimate of drug-likeness (QED) is 0.247. The average Bonchev–Trinajstić information content (AvgIpc) is 3.48. The van der Waals surface area contributed by atoms with E-state index < -0.39 is 0 Å². The van der Waals surface area contributed by atoms with Crippen LogP contribution in [0, 0.1) is 13.8 Å². The van der Waals surface area contributed by atoms with Crippen LogP contribution in [-0.4, -0.2) is 25.1 Å². The largest absolute Gasteiger partial charge is 0.497 e. The lowest BCUT2D eigenvalue weighted by Crippen LogP contribution is -2.08. The standard InChI is InChI=1S/C29H26N2O4S/c1-16-8-6-11-24-26(16)31-29(36-24)30-25(32)12-17(2)21-14-22-23(19-9-7-10-20(13-19)33-4)15-35-28(22)18(3)27(21)34-5/h6-15H,1-5H3,(H,30,31,32)/b17-12+. The Morgan fingerprint density at radius 1 is 1.08 bits per heavy atom. The Morgan fingerprint density at radius 2 is 1.89 bits per heavy atom. The van der Waals surface area contributed by atoms with Gasteiger partial charge in [0.1, 0.15) is 17.1 Å². The zero-order chi connectivity index (χ0) is 25.4. The number of benzene rings is 3. The molecule has 0 atom stereocenters. The maximum Gasteiger partial charge on any atom is 0.250 e. The number of thiazole rings is 1. The molecule has 2 heterocycles. The van der Waals surface area contributed by atoms with Gasteiger partial charge in [-0.1, -0.05) is 35.6 Å². The number of anilines is 1. The Morgan fingerprint density at radius 3 is 2.64 bits per heavy atom. The molecule has 0 spiro atoms. The summed E-state index contributed by atoms with van der Waals surface area (Å²) in [6.07, 6.45) is 3.32. The third kappa shape index (κ3) is 4.22. The first-order chi connectivity index (χ1) is 17.4. The van der Waals surface area contributed by atoms with Crippen molar-refractivity contribution in [2.75, 3.05) is 19.5 Å². The van der Waals surface area contributed by atoms with Gasteiger partial charge in [-0.25, -0.2) is 4.98 Å². The lowest BCUT2D eigenvalue weighted by Gasteiger charge is -2.13. The predicted molar refractivity (Wildman–Crippen MR) is 146 cm³/mol. The van der Waals surface area contributed by atoms with Gasteiger partial charge in [-0.05, 0) is 61.7 Å². The van der Waals surface area contributed by atoms with Crippen LogP contribution < -0.4 is 14.8 Å². The van der Waals surface area contributed by atoms with E-state index in [1.807, 2.05) is 69.3 Å². The van der Waals surface area contributed by atoms with Gasteiger partial charge in [0.2, 0.25) is 5.91 Å². The van der Waals surface area contributed by atoms with Gasteiger partial charge in [-0.3, -0.25) is 10.1 Å². The minimum Gasteiger partial charge on any atom is -0.497 e. The number of carbonyl (C=O) groups is 1. The Labute approximate surface area is 213 Å². The van der Waals surface area contributed by atoms with Crippen LogP contribution >= 0.6 is 11.3 Å². The van der Waals surface area contributed by atoms with Gasteiger partial charge in [-0.2, -0.15) is 0 Å². The zero-order valence-electron chi connectivity index (χ0n) is 20.8. The smallest absolute Gasteiger partial charge is 0.250 e. The number of nitrogens with zero attached hydrogens (tertiary/aromatic N) is 1. The second kappa shape index (κ2) is 9.51. The highest BCUT2D eigenvalue weighted by Gasteiger charge is 2.19. The van der Waals surface area contributed by atoms with E-state index in [-0.39, 0.29) is 5.91 Å². The summed E-state index contributed by atoms with van der Waals surface area (Å²) >= 11 is 1.46. The van der Waals surface area contributed by atoms with Crippen molar-refractivity contribution in [1.29, 1.82) is 0 Å². The molecule has 5 rings (SSSR count). The number of hydrogen-bond acceptors (Lipinski definition) is 6. The molecule has 3 aromatic carbocycles. The van der Waals surface area contributed by atoms with E-state index in [1.165, 1.54) is 11.3 Å². The Hall–Kier alpha value is -4.10.